The quantitative estimate of drug-likeness (QED) is 0.791. The molecule has 0 bridgehead atoms. The maximum atomic E-state index is 12.5. The topological polar surface area (TPSA) is 50.8 Å². The van der Waals surface area contributed by atoms with Gasteiger partial charge in [0.1, 0.15) is 11.5 Å². The van der Waals surface area contributed by atoms with E-state index in [1.807, 2.05) is 24.3 Å². The van der Waals surface area contributed by atoms with E-state index in [9.17, 15) is 13.6 Å². The Hall–Kier alpha value is -2.67. The first-order chi connectivity index (χ1) is 13.1. The average molecular weight is 376 g/mol. The number of para-hydroxylation sites is 2. The van der Waals surface area contributed by atoms with Gasteiger partial charge < -0.3 is 14.8 Å². The van der Waals surface area contributed by atoms with Gasteiger partial charge in [0, 0.05) is 6.04 Å². The molecule has 1 heterocycles. The van der Waals surface area contributed by atoms with Crippen molar-refractivity contribution in [1.29, 1.82) is 0 Å². The number of nitrogens with one attached hydrogen (secondary N) is 1. The Balaban J connectivity index is 1.65. The number of carbonyl (C=O) groups excluding carboxylic acids is 1. The summed E-state index contributed by atoms with van der Waals surface area (Å²) in [5, 5.41) is 2.67. The van der Waals surface area contributed by atoms with E-state index >= 15 is 0 Å². The van der Waals surface area contributed by atoms with Crippen molar-refractivity contribution >= 4 is 11.6 Å². The Morgan fingerprint density at radius 3 is 2.67 bits per heavy atom. The summed E-state index contributed by atoms with van der Waals surface area (Å²) in [6.45, 7) is -1.96. The highest BCUT2D eigenvalue weighted by molar-refractivity contribution is 5.93. The van der Waals surface area contributed by atoms with E-state index in [0.29, 0.717) is 0 Å². The lowest BCUT2D eigenvalue weighted by molar-refractivity contribution is -0.117. The number of ether oxygens (including phenoxy) is 2. The molecule has 5 nitrogen and oxygen atoms in total. The number of likely N-dealkylation sites (tertiary alicyclic amines) is 1. The van der Waals surface area contributed by atoms with Gasteiger partial charge in [0.05, 0.1) is 19.3 Å². The molecule has 1 fully saturated rings. The van der Waals surface area contributed by atoms with Crippen LogP contribution in [-0.2, 0) is 4.79 Å². The Kier molecular flexibility index (Phi) is 6.24. The van der Waals surface area contributed by atoms with Crippen LogP contribution in [0.3, 0.4) is 0 Å². The Morgan fingerprint density at radius 2 is 1.96 bits per heavy atom. The van der Waals surface area contributed by atoms with Gasteiger partial charge in [0.25, 0.3) is 0 Å². The molecule has 0 aromatic heterocycles. The number of anilines is 1. The molecule has 0 spiro atoms. The van der Waals surface area contributed by atoms with Crippen molar-refractivity contribution in [2.75, 3.05) is 25.5 Å². The Morgan fingerprint density at radius 1 is 1.22 bits per heavy atom. The van der Waals surface area contributed by atoms with E-state index in [4.69, 9.17) is 4.74 Å². The Labute approximate surface area is 156 Å². The fourth-order valence-corrected chi connectivity index (χ4v) is 3.36. The fourth-order valence-electron chi connectivity index (χ4n) is 3.36. The zero-order valence-electron chi connectivity index (χ0n) is 15.0. The first-order valence-electron chi connectivity index (χ1n) is 8.78. The number of alkyl halides is 2. The van der Waals surface area contributed by atoms with Gasteiger partial charge in [0.15, 0.2) is 0 Å². The van der Waals surface area contributed by atoms with E-state index < -0.39 is 6.61 Å². The van der Waals surface area contributed by atoms with Gasteiger partial charge in [-0.05, 0) is 49.2 Å². The molecular formula is C20H22F2N2O3. The molecule has 1 saturated heterocycles. The molecule has 2 aromatic carbocycles. The summed E-state index contributed by atoms with van der Waals surface area (Å²) in [4.78, 5) is 14.6. The molecule has 1 unspecified atom stereocenters. The van der Waals surface area contributed by atoms with E-state index in [1.54, 1.807) is 25.3 Å². The van der Waals surface area contributed by atoms with Crippen LogP contribution in [-0.4, -0.2) is 37.6 Å². The second-order valence-corrected chi connectivity index (χ2v) is 6.32. The summed E-state index contributed by atoms with van der Waals surface area (Å²) in [7, 11) is 1.62. The van der Waals surface area contributed by atoms with Crippen molar-refractivity contribution in [2.45, 2.75) is 25.5 Å². The zero-order valence-corrected chi connectivity index (χ0v) is 15.0. The molecule has 0 aliphatic carbocycles. The third-order valence-corrected chi connectivity index (χ3v) is 4.59. The molecule has 144 valence electrons. The number of methoxy groups -OCH3 is 1. The number of halogens is 2. The SMILES string of the molecule is COc1ccc(C2CCCN2CC(=O)Nc2ccccc2OC(F)F)cc1. The summed E-state index contributed by atoms with van der Waals surface area (Å²) in [5.74, 6) is 0.478. The predicted molar refractivity (Wildman–Crippen MR) is 98.2 cm³/mol. The second kappa shape index (κ2) is 8.81. The van der Waals surface area contributed by atoms with Crippen LogP contribution < -0.4 is 14.8 Å². The van der Waals surface area contributed by atoms with Crippen molar-refractivity contribution in [3.63, 3.8) is 0 Å². The highest BCUT2D eigenvalue weighted by atomic mass is 19.3. The predicted octanol–water partition coefficient (Wildman–Crippen LogP) is 4.07. The minimum Gasteiger partial charge on any atom is -0.497 e. The number of rotatable bonds is 7. The molecule has 1 N–H and O–H groups in total. The van der Waals surface area contributed by atoms with Crippen LogP contribution in [0.25, 0.3) is 0 Å². The van der Waals surface area contributed by atoms with Gasteiger partial charge in [-0.2, -0.15) is 8.78 Å². The normalized spacial score (nSPS) is 17.1. The molecule has 1 aliphatic heterocycles. The molecule has 1 atom stereocenters. The average Bonchev–Trinajstić information content (AvgIpc) is 3.11. The first-order valence-corrected chi connectivity index (χ1v) is 8.78. The third-order valence-electron chi connectivity index (χ3n) is 4.59. The van der Waals surface area contributed by atoms with Gasteiger partial charge in [-0.3, -0.25) is 9.69 Å². The van der Waals surface area contributed by atoms with Crippen LogP contribution in [0.2, 0.25) is 0 Å². The lowest BCUT2D eigenvalue weighted by Crippen LogP contribution is -2.33. The van der Waals surface area contributed by atoms with Crippen LogP contribution >= 0.6 is 0 Å². The zero-order chi connectivity index (χ0) is 19.2. The highest BCUT2D eigenvalue weighted by Gasteiger charge is 2.27. The maximum Gasteiger partial charge on any atom is 0.387 e. The standard InChI is InChI=1S/C20H22F2N2O3/c1-26-15-10-8-14(9-11-15)17-6-4-12-24(17)13-19(25)23-16-5-2-3-7-18(16)27-20(21)22/h2-3,5,7-11,17,20H,4,6,12-13H2,1H3,(H,23,25). The molecule has 1 amide bonds. The second-order valence-electron chi connectivity index (χ2n) is 6.32. The molecular weight excluding hydrogens is 354 g/mol. The molecule has 0 radical (unpaired) electrons. The molecule has 1 aliphatic rings. The van der Waals surface area contributed by atoms with Crippen LogP contribution in [0.5, 0.6) is 11.5 Å². The molecule has 0 saturated carbocycles. The third kappa shape index (κ3) is 4.95. The van der Waals surface area contributed by atoms with Crippen LogP contribution in [0, 0.1) is 0 Å². The number of hydrogen-bond donors (Lipinski definition) is 1. The summed E-state index contributed by atoms with van der Waals surface area (Å²) in [5.41, 5.74) is 1.37. The van der Waals surface area contributed by atoms with Gasteiger partial charge >= 0.3 is 6.61 Å². The maximum absolute atomic E-state index is 12.5. The summed E-state index contributed by atoms with van der Waals surface area (Å²) < 4.78 is 34.7. The van der Waals surface area contributed by atoms with E-state index in [0.717, 1.165) is 30.7 Å². The van der Waals surface area contributed by atoms with Crippen LogP contribution in [0.1, 0.15) is 24.4 Å². The molecule has 2 aromatic rings. The largest absolute Gasteiger partial charge is 0.497 e. The fraction of sp³-hybridized carbons (Fsp3) is 0.350. The minimum atomic E-state index is -2.94. The summed E-state index contributed by atoms with van der Waals surface area (Å²) >= 11 is 0. The van der Waals surface area contributed by atoms with Gasteiger partial charge in [-0.1, -0.05) is 24.3 Å². The van der Waals surface area contributed by atoms with Gasteiger partial charge in [0.2, 0.25) is 5.91 Å². The smallest absolute Gasteiger partial charge is 0.387 e. The summed E-state index contributed by atoms with van der Waals surface area (Å²) in [6.07, 6.45) is 1.96. The lowest BCUT2D eigenvalue weighted by atomic mass is 10.0. The Bertz CT molecular complexity index is 768. The number of hydrogen-bond acceptors (Lipinski definition) is 4. The minimum absolute atomic E-state index is 0.0472. The van der Waals surface area contributed by atoms with Crippen molar-refractivity contribution < 1.29 is 23.0 Å². The first kappa shape index (κ1) is 19.1. The van der Waals surface area contributed by atoms with Crippen molar-refractivity contribution in [3.8, 4) is 11.5 Å². The van der Waals surface area contributed by atoms with E-state index in [2.05, 4.69) is 15.0 Å². The van der Waals surface area contributed by atoms with Gasteiger partial charge in [-0.15, -0.1) is 0 Å². The van der Waals surface area contributed by atoms with Crippen LogP contribution in [0.4, 0.5) is 14.5 Å². The van der Waals surface area contributed by atoms with Crippen LogP contribution in [0.15, 0.2) is 48.5 Å². The lowest BCUT2D eigenvalue weighted by Gasteiger charge is -2.24. The monoisotopic (exact) mass is 376 g/mol. The molecule has 7 heteroatoms. The summed E-state index contributed by atoms with van der Waals surface area (Å²) in [6, 6.07) is 14.1. The number of nitrogens with zero attached hydrogens (tertiary/aromatic N) is 1. The van der Waals surface area contributed by atoms with Crippen molar-refractivity contribution in [3.05, 3.63) is 54.1 Å². The highest BCUT2D eigenvalue weighted by Crippen LogP contribution is 2.33. The number of benzene rings is 2. The van der Waals surface area contributed by atoms with Crippen molar-refractivity contribution in [2.24, 2.45) is 0 Å². The van der Waals surface area contributed by atoms with E-state index in [1.165, 1.54) is 6.07 Å². The molecule has 3 rings (SSSR count). The number of carbonyl (C=O) groups is 1. The molecule has 27 heavy (non-hydrogen) atoms. The van der Waals surface area contributed by atoms with Gasteiger partial charge in [-0.25, -0.2) is 0 Å². The van der Waals surface area contributed by atoms with E-state index in [-0.39, 0.29) is 29.9 Å². The number of amides is 1. The van der Waals surface area contributed by atoms with Crippen molar-refractivity contribution in [1.82, 2.24) is 4.90 Å².